The molecule has 0 radical (unpaired) electrons. The molecule has 0 heterocycles. The van der Waals surface area contributed by atoms with Crippen LogP contribution in [0.5, 0.6) is 0 Å². The van der Waals surface area contributed by atoms with Gasteiger partial charge >= 0.3 is 0 Å². The molecule has 0 saturated carbocycles. The van der Waals surface area contributed by atoms with E-state index >= 15 is 0 Å². The Morgan fingerprint density at radius 3 is 2.04 bits per heavy atom. The molecule has 2 N–H and O–H groups in total. The third-order valence-corrected chi connectivity index (χ3v) is 4.53. The molecule has 0 unspecified atom stereocenters. The first kappa shape index (κ1) is 18.9. The van der Waals surface area contributed by atoms with Gasteiger partial charge in [-0.05, 0) is 42.5 Å². The molecule has 4 nitrogen and oxygen atoms in total. The number of thioether (sulfide) groups is 1. The molecule has 2 rings (SSSR count). The first-order chi connectivity index (χ1) is 11.4. The topological polar surface area (TPSA) is 58.2 Å². The van der Waals surface area contributed by atoms with E-state index in [0.717, 1.165) is 0 Å². The zero-order chi connectivity index (χ0) is 17.5. The molecule has 24 heavy (non-hydrogen) atoms. The number of halogens is 3. The van der Waals surface area contributed by atoms with Crippen LogP contribution >= 0.6 is 46.6 Å². The maximum atomic E-state index is 11.9. The Hall–Kier alpha value is -1.40. The van der Waals surface area contributed by atoms with Crippen LogP contribution in [0.1, 0.15) is 0 Å². The van der Waals surface area contributed by atoms with Gasteiger partial charge in [-0.2, -0.15) is 0 Å². The van der Waals surface area contributed by atoms with E-state index < -0.39 is 0 Å². The highest BCUT2D eigenvalue weighted by Crippen LogP contribution is 2.25. The van der Waals surface area contributed by atoms with Crippen molar-refractivity contribution in [3.8, 4) is 0 Å². The van der Waals surface area contributed by atoms with Gasteiger partial charge in [-0.25, -0.2) is 0 Å². The average molecular weight is 404 g/mol. The Morgan fingerprint density at radius 2 is 1.42 bits per heavy atom. The number of carbonyl (C=O) groups excluding carboxylic acids is 2. The number of hydrogen-bond donors (Lipinski definition) is 2. The lowest BCUT2D eigenvalue weighted by Gasteiger charge is -2.08. The van der Waals surface area contributed by atoms with Crippen LogP contribution in [0.25, 0.3) is 0 Å². The number of carbonyl (C=O) groups is 2. The first-order valence-electron chi connectivity index (χ1n) is 6.82. The quantitative estimate of drug-likeness (QED) is 0.717. The van der Waals surface area contributed by atoms with E-state index in [9.17, 15) is 9.59 Å². The van der Waals surface area contributed by atoms with E-state index in [1.54, 1.807) is 42.5 Å². The average Bonchev–Trinajstić information content (AvgIpc) is 2.52. The van der Waals surface area contributed by atoms with Crippen molar-refractivity contribution in [1.82, 2.24) is 0 Å². The van der Waals surface area contributed by atoms with Gasteiger partial charge in [0.25, 0.3) is 0 Å². The third-order valence-electron chi connectivity index (χ3n) is 2.80. The standard InChI is InChI=1S/C16H13Cl3N2O2S/c17-10-1-4-12(5-2-10)20-15(22)8-24-9-16(23)21-14-6-3-11(18)7-13(14)19/h1-7H,8-9H2,(H,20,22)(H,21,23). The van der Waals surface area contributed by atoms with Crippen LogP contribution in [0.15, 0.2) is 42.5 Å². The van der Waals surface area contributed by atoms with Crippen molar-refractivity contribution >= 4 is 69.8 Å². The van der Waals surface area contributed by atoms with Gasteiger partial charge in [-0.1, -0.05) is 34.8 Å². The Labute approximate surface area is 158 Å². The molecule has 126 valence electrons. The van der Waals surface area contributed by atoms with E-state index in [-0.39, 0.29) is 23.3 Å². The van der Waals surface area contributed by atoms with Crippen LogP contribution in [0, 0.1) is 0 Å². The minimum atomic E-state index is -0.247. The summed E-state index contributed by atoms with van der Waals surface area (Å²) in [5, 5.41) is 6.84. The van der Waals surface area contributed by atoms with Crippen molar-refractivity contribution < 1.29 is 9.59 Å². The van der Waals surface area contributed by atoms with E-state index in [4.69, 9.17) is 34.8 Å². The number of hydrogen-bond acceptors (Lipinski definition) is 3. The van der Waals surface area contributed by atoms with E-state index in [2.05, 4.69) is 10.6 Å². The SMILES string of the molecule is O=C(CSCC(=O)Nc1ccc(Cl)cc1Cl)Nc1ccc(Cl)cc1. The molecule has 0 saturated heterocycles. The molecule has 0 fully saturated rings. The summed E-state index contributed by atoms with van der Waals surface area (Å²) in [6.45, 7) is 0. The summed E-state index contributed by atoms with van der Waals surface area (Å²) < 4.78 is 0. The smallest absolute Gasteiger partial charge is 0.234 e. The molecular weight excluding hydrogens is 391 g/mol. The Kier molecular flexibility index (Phi) is 7.24. The zero-order valence-electron chi connectivity index (χ0n) is 12.3. The van der Waals surface area contributed by atoms with Gasteiger partial charge in [-0.3, -0.25) is 9.59 Å². The normalized spacial score (nSPS) is 10.3. The molecule has 0 aliphatic rings. The van der Waals surface area contributed by atoms with Crippen LogP contribution in [-0.2, 0) is 9.59 Å². The summed E-state index contributed by atoms with van der Waals surface area (Å²) in [5.74, 6) is -0.152. The lowest BCUT2D eigenvalue weighted by atomic mass is 10.3. The summed E-state index contributed by atoms with van der Waals surface area (Å²) in [4.78, 5) is 23.7. The molecule has 8 heteroatoms. The number of rotatable bonds is 6. The summed E-state index contributed by atoms with van der Waals surface area (Å²) in [5.41, 5.74) is 1.14. The second kappa shape index (κ2) is 9.18. The van der Waals surface area contributed by atoms with Crippen LogP contribution < -0.4 is 10.6 Å². The van der Waals surface area contributed by atoms with Crippen molar-refractivity contribution in [2.24, 2.45) is 0 Å². The largest absolute Gasteiger partial charge is 0.325 e. The molecule has 2 aromatic rings. The van der Waals surface area contributed by atoms with Crippen molar-refractivity contribution in [3.63, 3.8) is 0 Å². The van der Waals surface area contributed by atoms with Gasteiger partial charge in [-0.15, -0.1) is 11.8 Å². The predicted molar refractivity (Wildman–Crippen MR) is 102 cm³/mol. The number of benzene rings is 2. The van der Waals surface area contributed by atoms with Crippen LogP contribution in [-0.4, -0.2) is 23.3 Å². The zero-order valence-corrected chi connectivity index (χ0v) is 15.4. The summed E-state index contributed by atoms with van der Waals surface area (Å²) >= 11 is 18.7. The summed E-state index contributed by atoms with van der Waals surface area (Å²) in [7, 11) is 0. The number of anilines is 2. The monoisotopic (exact) mass is 402 g/mol. The van der Waals surface area contributed by atoms with Gasteiger partial charge < -0.3 is 10.6 Å². The highest BCUT2D eigenvalue weighted by Gasteiger charge is 2.08. The highest BCUT2D eigenvalue weighted by atomic mass is 35.5. The first-order valence-corrected chi connectivity index (χ1v) is 9.11. The van der Waals surface area contributed by atoms with Gasteiger partial charge in [0.15, 0.2) is 0 Å². The Morgan fingerprint density at radius 1 is 0.833 bits per heavy atom. The van der Waals surface area contributed by atoms with Crippen LogP contribution in [0.2, 0.25) is 15.1 Å². The van der Waals surface area contributed by atoms with Gasteiger partial charge in [0, 0.05) is 15.7 Å². The number of amides is 2. The summed E-state index contributed by atoms with van der Waals surface area (Å²) in [6.07, 6.45) is 0. The molecule has 0 atom stereocenters. The van der Waals surface area contributed by atoms with E-state index in [0.29, 0.717) is 26.4 Å². The maximum absolute atomic E-state index is 11.9. The minimum Gasteiger partial charge on any atom is -0.325 e. The highest BCUT2D eigenvalue weighted by molar-refractivity contribution is 8.00. The van der Waals surface area contributed by atoms with E-state index in [1.807, 2.05) is 0 Å². The molecule has 0 aliphatic heterocycles. The van der Waals surface area contributed by atoms with Crippen LogP contribution in [0.3, 0.4) is 0 Å². The second-order valence-electron chi connectivity index (χ2n) is 4.72. The van der Waals surface area contributed by atoms with Crippen LogP contribution in [0.4, 0.5) is 11.4 Å². The molecule has 0 aliphatic carbocycles. The van der Waals surface area contributed by atoms with Crippen molar-refractivity contribution in [1.29, 1.82) is 0 Å². The molecule has 0 aromatic heterocycles. The lowest BCUT2D eigenvalue weighted by molar-refractivity contribution is -0.114. The summed E-state index contributed by atoms with van der Waals surface area (Å²) in [6, 6.07) is 11.6. The Balaban J connectivity index is 1.73. The molecule has 0 bridgehead atoms. The second-order valence-corrected chi connectivity index (χ2v) is 6.99. The Bertz CT molecular complexity index is 739. The minimum absolute atomic E-state index is 0.132. The fourth-order valence-electron chi connectivity index (χ4n) is 1.74. The maximum Gasteiger partial charge on any atom is 0.234 e. The molecule has 2 aromatic carbocycles. The third kappa shape index (κ3) is 6.24. The fraction of sp³-hybridized carbons (Fsp3) is 0.125. The van der Waals surface area contributed by atoms with E-state index in [1.165, 1.54) is 11.8 Å². The molecular formula is C16H13Cl3N2O2S. The van der Waals surface area contributed by atoms with Gasteiger partial charge in [0.2, 0.25) is 11.8 Å². The molecule has 2 amide bonds. The fourth-order valence-corrected chi connectivity index (χ4v) is 2.94. The van der Waals surface area contributed by atoms with Gasteiger partial charge in [0.05, 0.1) is 22.2 Å². The predicted octanol–water partition coefficient (Wildman–Crippen LogP) is 4.96. The van der Waals surface area contributed by atoms with Gasteiger partial charge in [0.1, 0.15) is 0 Å². The van der Waals surface area contributed by atoms with Crippen molar-refractivity contribution in [3.05, 3.63) is 57.5 Å². The lowest BCUT2D eigenvalue weighted by Crippen LogP contribution is -2.18. The number of nitrogens with one attached hydrogen (secondary N) is 2. The van der Waals surface area contributed by atoms with Crippen molar-refractivity contribution in [2.45, 2.75) is 0 Å². The van der Waals surface area contributed by atoms with Crippen molar-refractivity contribution in [2.75, 3.05) is 22.1 Å². The molecule has 0 spiro atoms.